The summed E-state index contributed by atoms with van der Waals surface area (Å²) in [6.07, 6.45) is 1.56. The largest absolute Gasteiger partial charge is 0.350 e. The number of rotatable bonds is 6. The average molecular weight is 275 g/mol. The Hall–Kier alpha value is -2.04. The third-order valence-electron chi connectivity index (χ3n) is 3.44. The minimum atomic E-state index is -0.369. The van der Waals surface area contributed by atoms with Crippen LogP contribution in [-0.4, -0.2) is 36.0 Å². The Bertz CT molecular complexity index is 461. The van der Waals surface area contributed by atoms with Crippen LogP contribution >= 0.6 is 0 Å². The van der Waals surface area contributed by atoms with E-state index in [9.17, 15) is 9.59 Å². The molecule has 2 N–H and O–H groups in total. The molecule has 1 fully saturated rings. The van der Waals surface area contributed by atoms with Gasteiger partial charge in [0.15, 0.2) is 0 Å². The molecule has 0 spiro atoms. The van der Waals surface area contributed by atoms with Crippen molar-refractivity contribution in [1.29, 1.82) is 0 Å². The van der Waals surface area contributed by atoms with Crippen molar-refractivity contribution in [3.63, 3.8) is 0 Å². The molecule has 1 saturated heterocycles. The molecule has 0 aromatic heterocycles. The molecule has 2 rings (SSSR count). The van der Waals surface area contributed by atoms with Crippen molar-refractivity contribution >= 4 is 11.9 Å². The molecule has 1 aliphatic heterocycles. The van der Waals surface area contributed by atoms with Crippen LogP contribution in [0, 0.1) is 0 Å². The second kappa shape index (κ2) is 6.93. The Morgan fingerprint density at radius 1 is 1.40 bits per heavy atom. The predicted molar refractivity (Wildman–Crippen MR) is 77.1 cm³/mol. The zero-order valence-electron chi connectivity index (χ0n) is 11.8. The molecule has 3 amide bonds. The van der Waals surface area contributed by atoms with Crippen LogP contribution in [-0.2, 0) is 11.3 Å². The number of nitrogens with zero attached hydrogens (tertiary/aromatic N) is 1. The van der Waals surface area contributed by atoms with Crippen LogP contribution in [0.1, 0.15) is 25.3 Å². The highest BCUT2D eigenvalue weighted by atomic mass is 16.2. The maximum atomic E-state index is 12.3. The van der Waals surface area contributed by atoms with Crippen molar-refractivity contribution in [2.75, 3.05) is 13.1 Å². The molecule has 1 aromatic carbocycles. The summed E-state index contributed by atoms with van der Waals surface area (Å²) in [4.78, 5) is 25.6. The van der Waals surface area contributed by atoms with Crippen molar-refractivity contribution in [2.45, 2.75) is 32.4 Å². The summed E-state index contributed by atoms with van der Waals surface area (Å²) in [7, 11) is 0. The van der Waals surface area contributed by atoms with Crippen molar-refractivity contribution in [3.05, 3.63) is 35.9 Å². The third-order valence-corrected chi connectivity index (χ3v) is 3.44. The Morgan fingerprint density at radius 2 is 2.15 bits per heavy atom. The fourth-order valence-corrected chi connectivity index (χ4v) is 2.39. The summed E-state index contributed by atoms with van der Waals surface area (Å²) >= 11 is 0. The molecule has 1 unspecified atom stereocenters. The molecule has 5 heteroatoms. The average Bonchev–Trinajstić information content (AvgIpc) is 2.89. The van der Waals surface area contributed by atoms with Gasteiger partial charge in [-0.25, -0.2) is 4.79 Å². The lowest BCUT2D eigenvalue weighted by atomic mass is 10.1. The first-order valence-corrected chi connectivity index (χ1v) is 7.08. The fourth-order valence-electron chi connectivity index (χ4n) is 2.39. The quantitative estimate of drug-likeness (QED) is 0.826. The molecule has 1 aromatic rings. The van der Waals surface area contributed by atoms with Gasteiger partial charge in [-0.15, -0.1) is 0 Å². The molecule has 1 atom stereocenters. The second-order valence-electron chi connectivity index (χ2n) is 4.93. The molecule has 20 heavy (non-hydrogen) atoms. The standard InChI is InChI=1S/C15H21N3O2/c1-2-6-13(18-10-9-16-15(18)20)14(19)17-11-12-7-4-3-5-8-12/h3-5,7-8,13H,2,6,9-11H2,1H3,(H,16,20)(H,17,19). The first-order valence-electron chi connectivity index (χ1n) is 7.08. The predicted octanol–water partition coefficient (Wildman–Crippen LogP) is 1.50. The highest BCUT2D eigenvalue weighted by Crippen LogP contribution is 2.11. The van der Waals surface area contributed by atoms with Crippen molar-refractivity contribution in [1.82, 2.24) is 15.5 Å². The van der Waals surface area contributed by atoms with Crippen LogP contribution < -0.4 is 10.6 Å². The molecule has 0 saturated carbocycles. The van der Waals surface area contributed by atoms with Gasteiger partial charge in [0, 0.05) is 19.6 Å². The fraction of sp³-hybridized carbons (Fsp3) is 0.467. The molecule has 0 aliphatic carbocycles. The van der Waals surface area contributed by atoms with Crippen LogP contribution in [0.4, 0.5) is 4.79 Å². The molecule has 0 bridgehead atoms. The normalized spacial score (nSPS) is 15.8. The molecule has 1 heterocycles. The van der Waals surface area contributed by atoms with Crippen LogP contribution in [0.15, 0.2) is 30.3 Å². The van der Waals surface area contributed by atoms with E-state index in [1.54, 1.807) is 4.90 Å². The van der Waals surface area contributed by atoms with Gasteiger partial charge in [0.05, 0.1) is 0 Å². The maximum absolute atomic E-state index is 12.3. The third kappa shape index (κ3) is 3.50. The Labute approximate surface area is 119 Å². The highest BCUT2D eigenvalue weighted by molar-refractivity contribution is 5.87. The summed E-state index contributed by atoms with van der Waals surface area (Å²) in [5.41, 5.74) is 1.06. The van der Waals surface area contributed by atoms with E-state index in [1.165, 1.54) is 0 Å². The van der Waals surface area contributed by atoms with Crippen LogP contribution in [0.2, 0.25) is 0 Å². The Balaban J connectivity index is 1.95. The lowest BCUT2D eigenvalue weighted by Gasteiger charge is -2.25. The van der Waals surface area contributed by atoms with E-state index in [1.807, 2.05) is 37.3 Å². The van der Waals surface area contributed by atoms with Gasteiger partial charge in [-0.1, -0.05) is 43.7 Å². The minimum absolute atomic E-state index is 0.0762. The van der Waals surface area contributed by atoms with Crippen LogP contribution in [0.3, 0.4) is 0 Å². The van der Waals surface area contributed by atoms with Gasteiger partial charge >= 0.3 is 6.03 Å². The van der Waals surface area contributed by atoms with Gasteiger partial charge in [0.2, 0.25) is 5.91 Å². The topological polar surface area (TPSA) is 61.4 Å². The number of carbonyl (C=O) groups excluding carboxylic acids is 2. The van der Waals surface area contributed by atoms with Gasteiger partial charge in [0.1, 0.15) is 6.04 Å². The molecule has 5 nitrogen and oxygen atoms in total. The SMILES string of the molecule is CCCC(C(=O)NCc1ccccc1)N1CCNC1=O. The molecular weight excluding hydrogens is 254 g/mol. The number of hydrogen-bond acceptors (Lipinski definition) is 2. The van der Waals surface area contributed by atoms with E-state index < -0.39 is 0 Å². The highest BCUT2D eigenvalue weighted by Gasteiger charge is 2.31. The van der Waals surface area contributed by atoms with E-state index in [0.717, 1.165) is 12.0 Å². The van der Waals surface area contributed by atoms with Gasteiger partial charge in [-0.2, -0.15) is 0 Å². The number of amides is 3. The molecule has 0 radical (unpaired) electrons. The van der Waals surface area contributed by atoms with Gasteiger partial charge in [0.25, 0.3) is 0 Å². The monoisotopic (exact) mass is 275 g/mol. The first kappa shape index (κ1) is 14.4. The number of hydrogen-bond donors (Lipinski definition) is 2. The van der Waals surface area contributed by atoms with Crippen LogP contribution in [0.5, 0.6) is 0 Å². The molecule has 1 aliphatic rings. The minimum Gasteiger partial charge on any atom is -0.350 e. The maximum Gasteiger partial charge on any atom is 0.318 e. The van der Waals surface area contributed by atoms with Gasteiger partial charge in [-0.05, 0) is 12.0 Å². The number of benzene rings is 1. The zero-order chi connectivity index (χ0) is 14.4. The number of carbonyl (C=O) groups is 2. The first-order chi connectivity index (χ1) is 9.72. The van der Waals surface area contributed by atoms with Crippen molar-refractivity contribution in [3.8, 4) is 0 Å². The summed E-state index contributed by atoms with van der Waals surface area (Å²) in [5, 5.41) is 5.66. The van der Waals surface area contributed by atoms with E-state index in [4.69, 9.17) is 0 Å². The summed E-state index contributed by atoms with van der Waals surface area (Å²) in [6, 6.07) is 9.26. The van der Waals surface area contributed by atoms with Crippen molar-refractivity contribution < 1.29 is 9.59 Å². The van der Waals surface area contributed by atoms with E-state index in [-0.39, 0.29) is 18.0 Å². The van der Waals surface area contributed by atoms with Crippen molar-refractivity contribution in [2.24, 2.45) is 0 Å². The Kier molecular flexibility index (Phi) is 4.98. The summed E-state index contributed by atoms with van der Waals surface area (Å²) in [6.45, 7) is 3.73. The Morgan fingerprint density at radius 3 is 2.75 bits per heavy atom. The lowest BCUT2D eigenvalue weighted by molar-refractivity contribution is -0.125. The summed E-state index contributed by atoms with van der Waals surface area (Å²) in [5.74, 6) is -0.0762. The van der Waals surface area contributed by atoms with E-state index in [0.29, 0.717) is 26.1 Å². The van der Waals surface area contributed by atoms with Crippen LogP contribution in [0.25, 0.3) is 0 Å². The van der Waals surface area contributed by atoms with E-state index in [2.05, 4.69) is 10.6 Å². The van der Waals surface area contributed by atoms with Gasteiger partial charge in [-0.3, -0.25) is 4.79 Å². The van der Waals surface area contributed by atoms with Gasteiger partial charge < -0.3 is 15.5 Å². The molecular formula is C15H21N3O2. The number of urea groups is 1. The zero-order valence-corrected chi connectivity index (χ0v) is 11.8. The second-order valence-corrected chi connectivity index (χ2v) is 4.93. The van der Waals surface area contributed by atoms with E-state index >= 15 is 0 Å². The smallest absolute Gasteiger partial charge is 0.318 e. The number of nitrogens with one attached hydrogen (secondary N) is 2. The summed E-state index contributed by atoms with van der Waals surface area (Å²) < 4.78 is 0. The lowest BCUT2D eigenvalue weighted by Crippen LogP contribution is -2.48. The molecule has 108 valence electrons.